The fraction of sp³-hybridized carbons (Fsp3) is 0.312. The van der Waals surface area contributed by atoms with E-state index in [0.717, 1.165) is 17.5 Å². The van der Waals surface area contributed by atoms with Crippen LogP contribution in [-0.2, 0) is 4.79 Å². The zero-order chi connectivity index (χ0) is 30.1. The maximum atomic E-state index is 14.0. The number of pyridine rings is 2. The lowest BCUT2D eigenvalue weighted by Crippen LogP contribution is -2.54. The molecule has 42 heavy (non-hydrogen) atoms. The first kappa shape index (κ1) is 29.1. The van der Waals surface area contributed by atoms with Gasteiger partial charge < -0.3 is 9.80 Å². The highest BCUT2D eigenvalue weighted by atomic mass is 35.5. The average molecular weight is 585 g/mol. The molecule has 0 saturated carbocycles. The number of carbonyl (C=O) groups is 2. The minimum atomic E-state index is -0.500. The molecule has 0 radical (unpaired) electrons. The molecule has 1 atom stereocenters. The van der Waals surface area contributed by atoms with Crippen molar-refractivity contribution in [1.82, 2.24) is 24.4 Å². The van der Waals surface area contributed by atoms with E-state index < -0.39 is 5.69 Å². The summed E-state index contributed by atoms with van der Waals surface area (Å²) in [5.74, 6) is 0.426. The van der Waals surface area contributed by atoms with E-state index >= 15 is 0 Å². The van der Waals surface area contributed by atoms with Crippen LogP contribution in [-0.4, -0.2) is 62.3 Å². The number of amides is 1. The third kappa shape index (κ3) is 5.20. The maximum Gasteiger partial charge on any atom is 0.355 e. The lowest BCUT2D eigenvalue weighted by atomic mass is 10.0. The molecule has 1 aliphatic heterocycles. The number of halogens is 1. The van der Waals surface area contributed by atoms with E-state index in [9.17, 15) is 14.4 Å². The molecule has 0 unspecified atom stereocenters. The first-order chi connectivity index (χ1) is 20.2. The van der Waals surface area contributed by atoms with E-state index in [0.29, 0.717) is 64.0 Å². The van der Waals surface area contributed by atoms with Crippen molar-refractivity contribution >= 4 is 40.6 Å². The summed E-state index contributed by atoms with van der Waals surface area (Å²) in [6, 6.07) is 10.6. The number of carbonyl (C=O) groups excluding carboxylic acids is 2. The van der Waals surface area contributed by atoms with Crippen LogP contribution in [0.2, 0.25) is 5.02 Å². The first-order valence-electron chi connectivity index (χ1n) is 14.0. The topological polar surface area (TPSA) is 101 Å². The third-order valence-corrected chi connectivity index (χ3v) is 7.88. The molecular formula is C32H33ClN6O3. The Bertz CT molecular complexity index is 1780. The molecule has 1 saturated heterocycles. The number of aromatic nitrogens is 4. The van der Waals surface area contributed by atoms with E-state index in [-0.39, 0.29) is 17.9 Å². The number of piperazine rings is 1. The Morgan fingerprint density at radius 3 is 2.60 bits per heavy atom. The van der Waals surface area contributed by atoms with Gasteiger partial charge in [0.15, 0.2) is 11.9 Å². The fourth-order valence-corrected chi connectivity index (χ4v) is 5.79. The van der Waals surface area contributed by atoms with Gasteiger partial charge in [0.2, 0.25) is 5.91 Å². The number of benzene rings is 1. The second-order valence-electron chi connectivity index (χ2n) is 10.8. The van der Waals surface area contributed by atoms with Crippen LogP contribution in [0.3, 0.4) is 0 Å². The van der Waals surface area contributed by atoms with Crippen LogP contribution >= 0.6 is 11.6 Å². The second-order valence-corrected chi connectivity index (χ2v) is 11.2. The molecule has 1 fully saturated rings. The number of nitrogens with zero attached hydrogens (tertiary/aromatic N) is 6. The van der Waals surface area contributed by atoms with Crippen molar-refractivity contribution in [2.24, 2.45) is 0 Å². The number of allylic oxidation sites excluding steroid dienone is 1. The van der Waals surface area contributed by atoms with E-state index in [1.54, 1.807) is 47.5 Å². The van der Waals surface area contributed by atoms with Gasteiger partial charge in [0.25, 0.3) is 0 Å². The Hall–Kier alpha value is -4.37. The number of hydrogen-bond acceptors (Lipinski definition) is 7. The average Bonchev–Trinajstić information content (AvgIpc) is 2.97. The predicted octanol–water partition coefficient (Wildman–Crippen LogP) is 5.35. The summed E-state index contributed by atoms with van der Waals surface area (Å²) in [6.07, 6.45) is 5.78. The summed E-state index contributed by atoms with van der Waals surface area (Å²) in [5.41, 5.74) is 3.47. The minimum Gasteiger partial charge on any atom is -0.350 e. The zero-order valence-electron chi connectivity index (χ0n) is 24.3. The lowest BCUT2D eigenvalue weighted by Gasteiger charge is -2.40. The molecule has 0 spiro atoms. The summed E-state index contributed by atoms with van der Waals surface area (Å²) in [6.45, 7) is 11.2. The number of anilines is 1. The summed E-state index contributed by atoms with van der Waals surface area (Å²) in [7, 11) is 0. The molecule has 216 valence electrons. The molecular weight excluding hydrogens is 552 g/mol. The zero-order valence-corrected chi connectivity index (χ0v) is 25.1. The molecule has 0 N–H and O–H groups in total. The van der Waals surface area contributed by atoms with Gasteiger partial charge in [0, 0.05) is 43.0 Å². The summed E-state index contributed by atoms with van der Waals surface area (Å²) in [5, 5.41) is 0.913. The molecule has 4 heterocycles. The molecule has 0 bridgehead atoms. The van der Waals surface area contributed by atoms with Crippen molar-refractivity contribution in [3.8, 4) is 16.9 Å². The van der Waals surface area contributed by atoms with Crippen LogP contribution < -0.4 is 10.6 Å². The van der Waals surface area contributed by atoms with Crippen molar-refractivity contribution in [1.29, 1.82) is 0 Å². The number of hydrogen-bond donors (Lipinski definition) is 0. The molecule has 5 rings (SSSR count). The van der Waals surface area contributed by atoms with Gasteiger partial charge >= 0.3 is 5.69 Å². The van der Waals surface area contributed by atoms with Crippen molar-refractivity contribution in [2.45, 2.75) is 46.6 Å². The monoisotopic (exact) mass is 584 g/mol. The molecule has 1 aromatic carbocycles. The van der Waals surface area contributed by atoms with Gasteiger partial charge in [-0.25, -0.2) is 14.3 Å². The van der Waals surface area contributed by atoms with Gasteiger partial charge in [0.05, 0.1) is 27.5 Å². The summed E-state index contributed by atoms with van der Waals surface area (Å²) >= 11 is 6.88. The van der Waals surface area contributed by atoms with Crippen molar-refractivity contribution in [3.05, 3.63) is 87.1 Å². The molecule has 3 aromatic heterocycles. The SMILES string of the molecule is C/C=C/C(=O)N1CCN(c2nc(=O)n(-c3c(C)ccnc3C(C)C)c3nc(-c4ccccc4C=O)c(Cl)cc23)[C@@H](C)C1. The van der Waals surface area contributed by atoms with E-state index in [2.05, 4.69) is 9.97 Å². The Morgan fingerprint density at radius 1 is 1.14 bits per heavy atom. The molecule has 1 amide bonds. The summed E-state index contributed by atoms with van der Waals surface area (Å²) < 4.78 is 1.51. The van der Waals surface area contributed by atoms with Crippen LogP contribution in [0, 0.1) is 6.92 Å². The van der Waals surface area contributed by atoms with Gasteiger partial charge in [-0.15, -0.1) is 0 Å². The molecule has 0 aliphatic carbocycles. The number of fused-ring (bicyclic) bond motifs is 1. The number of rotatable bonds is 6. The molecule has 4 aromatic rings. The fourth-order valence-electron chi connectivity index (χ4n) is 5.54. The molecule has 10 heteroatoms. The van der Waals surface area contributed by atoms with Crippen LogP contribution in [0.4, 0.5) is 5.82 Å². The minimum absolute atomic E-state index is 0.0203. The second kappa shape index (κ2) is 11.9. The van der Waals surface area contributed by atoms with E-state index in [1.165, 1.54) is 4.57 Å². The van der Waals surface area contributed by atoms with Crippen LogP contribution in [0.1, 0.15) is 55.2 Å². The Kier molecular flexibility index (Phi) is 8.22. The van der Waals surface area contributed by atoms with Crippen LogP contribution in [0.25, 0.3) is 28.0 Å². The van der Waals surface area contributed by atoms with Crippen LogP contribution in [0.5, 0.6) is 0 Å². The van der Waals surface area contributed by atoms with Gasteiger partial charge in [0.1, 0.15) is 5.82 Å². The summed E-state index contributed by atoms with van der Waals surface area (Å²) in [4.78, 5) is 56.5. The Labute approximate surface area is 249 Å². The lowest BCUT2D eigenvalue weighted by molar-refractivity contribution is -0.126. The van der Waals surface area contributed by atoms with Crippen LogP contribution in [0.15, 0.2) is 59.5 Å². The highest BCUT2D eigenvalue weighted by Crippen LogP contribution is 2.36. The standard InChI is InChI=1S/C32H33ClN6O3/c1-6-9-26(41)37-14-15-38(21(5)17-37)30-24-16-25(33)28(23-11-8-7-10-22(23)18-40)35-31(24)39(32(42)36-30)29-20(4)12-13-34-27(29)19(2)3/h6-13,16,18-19,21H,14-15,17H2,1-5H3/b9-6+/t21-/m0/s1. The Morgan fingerprint density at radius 2 is 1.90 bits per heavy atom. The number of aldehydes is 1. The highest BCUT2D eigenvalue weighted by Gasteiger charge is 2.30. The molecule has 9 nitrogen and oxygen atoms in total. The van der Waals surface area contributed by atoms with E-state index in [1.807, 2.05) is 51.7 Å². The van der Waals surface area contributed by atoms with Gasteiger partial charge in [-0.05, 0) is 50.5 Å². The highest BCUT2D eigenvalue weighted by molar-refractivity contribution is 6.34. The van der Waals surface area contributed by atoms with Gasteiger partial charge in [-0.1, -0.05) is 55.8 Å². The van der Waals surface area contributed by atoms with Crippen molar-refractivity contribution < 1.29 is 9.59 Å². The predicted molar refractivity (Wildman–Crippen MR) is 166 cm³/mol. The van der Waals surface area contributed by atoms with Gasteiger partial charge in [-0.3, -0.25) is 14.6 Å². The van der Waals surface area contributed by atoms with Crippen molar-refractivity contribution in [2.75, 3.05) is 24.5 Å². The first-order valence-corrected chi connectivity index (χ1v) is 14.4. The van der Waals surface area contributed by atoms with E-state index in [4.69, 9.17) is 16.6 Å². The maximum absolute atomic E-state index is 14.0. The largest absolute Gasteiger partial charge is 0.355 e. The smallest absolute Gasteiger partial charge is 0.350 e. The van der Waals surface area contributed by atoms with Gasteiger partial charge in [-0.2, -0.15) is 4.98 Å². The third-order valence-electron chi connectivity index (χ3n) is 7.59. The molecule has 1 aliphatic rings. The normalized spacial score (nSPS) is 15.6. The number of aryl methyl sites for hydroxylation is 1. The Balaban J connectivity index is 1.80. The van der Waals surface area contributed by atoms with Crippen molar-refractivity contribution in [3.63, 3.8) is 0 Å². The quantitative estimate of drug-likeness (QED) is 0.222.